The lowest BCUT2D eigenvalue weighted by Crippen LogP contribution is -2.20. The third-order valence-electron chi connectivity index (χ3n) is 5.26. The lowest BCUT2D eigenvalue weighted by atomic mass is 9.99. The molecule has 0 aliphatic carbocycles. The fourth-order valence-electron chi connectivity index (χ4n) is 3.14. The Labute approximate surface area is 186 Å². The van der Waals surface area contributed by atoms with Gasteiger partial charge >= 0.3 is 0 Å². The van der Waals surface area contributed by atoms with Gasteiger partial charge in [-0.05, 0) is 50.5 Å². The van der Waals surface area contributed by atoms with Crippen LogP contribution in [0.4, 0.5) is 0 Å². The highest BCUT2D eigenvalue weighted by atomic mass is 15.4. The maximum absolute atomic E-state index is 4.75. The topological polar surface area (TPSA) is 80.0 Å². The van der Waals surface area contributed by atoms with Gasteiger partial charge in [0.2, 0.25) is 0 Å². The van der Waals surface area contributed by atoms with Gasteiger partial charge in [0.05, 0.1) is 22.8 Å². The van der Waals surface area contributed by atoms with Gasteiger partial charge in [-0.2, -0.15) is 0 Å². The second kappa shape index (κ2) is 11.2. The second-order valence-electron chi connectivity index (χ2n) is 7.55. The Morgan fingerprint density at radius 1 is 1.13 bits per heavy atom. The minimum Gasteiger partial charge on any atom is -0.380 e. The summed E-state index contributed by atoms with van der Waals surface area (Å²) in [6.45, 7) is 12.9. The van der Waals surface area contributed by atoms with Crippen LogP contribution in [0.2, 0.25) is 0 Å². The van der Waals surface area contributed by atoms with E-state index in [1.165, 1.54) is 11.1 Å². The van der Waals surface area contributed by atoms with Crippen LogP contribution in [0, 0.1) is 20.8 Å². The average Bonchev–Trinajstić information content (AvgIpc) is 2.80. The SMILES string of the molecule is C=C(NCc1ccc(C(=NC)NC)cc1CCC)c1cc(C)n(C)nnc(C)c(C)n1. The highest BCUT2D eigenvalue weighted by Gasteiger charge is 2.09. The van der Waals surface area contributed by atoms with Crippen molar-refractivity contribution in [2.24, 2.45) is 12.0 Å². The van der Waals surface area contributed by atoms with Crippen molar-refractivity contribution in [3.63, 3.8) is 0 Å². The highest BCUT2D eigenvalue weighted by Crippen LogP contribution is 2.17. The van der Waals surface area contributed by atoms with Gasteiger partial charge in [0, 0.05) is 38.9 Å². The first-order valence-electron chi connectivity index (χ1n) is 10.6. The van der Waals surface area contributed by atoms with Crippen molar-refractivity contribution in [1.29, 1.82) is 0 Å². The van der Waals surface area contributed by atoms with Crippen LogP contribution in [0.3, 0.4) is 0 Å². The van der Waals surface area contributed by atoms with Crippen molar-refractivity contribution in [1.82, 2.24) is 30.6 Å². The Morgan fingerprint density at radius 2 is 1.87 bits per heavy atom. The largest absolute Gasteiger partial charge is 0.380 e. The number of aliphatic imine (C=N–C) groups is 1. The first kappa shape index (κ1) is 24.1. The molecular formula is C24H35N7. The quantitative estimate of drug-likeness (QED) is 0.528. The van der Waals surface area contributed by atoms with E-state index in [2.05, 4.69) is 57.6 Å². The van der Waals surface area contributed by atoms with Crippen LogP contribution >= 0.6 is 0 Å². The molecule has 1 aromatic heterocycles. The van der Waals surface area contributed by atoms with Crippen molar-refractivity contribution in [2.75, 3.05) is 14.1 Å². The van der Waals surface area contributed by atoms with E-state index in [0.29, 0.717) is 6.54 Å². The van der Waals surface area contributed by atoms with E-state index in [0.717, 1.165) is 52.7 Å². The minimum absolute atomic E-state index is 0.671. The average molecular weight is 422 g/mol. The molecule has 2 N–H and O–H groups in total. The summed E-state index contributed by atoms with van der Waals surface area (Å²) in [6.07, 6.45) is 2.08. The van der Waals surface area contributed by atoms with Crippen molar-refractivity contribution in [3.8, 4) is 0 Å². The molecule has 0 saturated heterocycles. The number of hydrogen-bond donors (Lipinski definition) is 2. The smallest absolute Gasteiger partial charge is 0.127 e. The molecule has 0 spiro atoms. The number of benzene rings is 1. The van der Waals surface area contributed by atoms with Gasteiger partial charge in [-0.3, -0.25) is 9.67 Å². The minimum atomic E-state index is 0.671. The number of hydrogen-bond acceptors (Lipinski definition) is 5. The zero-order valence-corrected chi connectivity index (χ0v) is 19.9. The van der Waals surface area contributed by atoms with Gasteiger partial charge in [0.1, 0.15) is 5.84 Å². The van der Waals surface area contributed by atoms with E-state index < -0.39 is 0 Å². The second-order valence-corrected chi connectivity index (χ2v) is 7.55. The molecule has 0 saturated carbocycles. The van der Waals surface area contributed by atoms with Crippen molar-refractivity contribution >= 4 is 11.5 Å². The predicted octanol–water partition coefficient (Wildman–Crippen LogP) is 3.57. The van der Waals surface area contributed by atoms with Gasteiger partial charge in [-0.1, -0.05) is 37.3 Å². The molecule has 166 valence electrons. The third kappa shape index (κ3) is 6.38. The molecule has 2 rings (SSSR count). The van der Waals surface area contributed by atoms with Gasteiger partial charge < -0.3 is 10.6 Å². The lowest BCUT2D eigenvalue weighted by molar-refractivity contribution is 0.648. The Bertz CT molecular complexity index is 981. The number of nitrogens with one attached hydrogen (secondary N) is 2. The first-order chi connectivity index (χ1) is 14.8. The van der Waals surface area contributed by atoms with Gasteiger partial charge in [0.15, 0.2) is 0 Å². The molecule has 7 nitrogen and oxygen atoms in total. The van der Waals surface area contributed by atoms with E-state index >= 15 is 0 Å². The van der Waals surface area contributed by atoms with Crippen LogP contribution in [0.25, 0.3) is 5.70 Å². The fourth-order valence-corrected chi connectivity index (χ4v) is 3.14. The maximum Gasteiger partial charge on any atom is 0.127 e. The van der Waals surface area contributed by atoms with E-state index in [9.17, 15) is 0 Å². The Kier molecular flexibility index (Phi) is 8.73. The van der Waals surface area contributed by atoms with Crippen LogP contribution in [-0.4, -0.2) is 39.9 Å². The van der Waals surface area contributed by atoms with Gasteiger partial charge in [0.25, 0.3) is 0 Å². The number of nitrogens with zero attached hydrogens (tertiary/aromatic N) is 5. The Balaban J connectivity index is 2.35. The number of amidine groups is 1. The zero-order chi connectivity index (χ0) is 23.0. The van der Waals surface area contributed by atoms with Crippen molar-refractivity contribution in [3.05, 3.63) is 70.3 Å². The van der Waals surface area contributed by atoms with Crippen molar-refractivity contribution in [2.45, 2.75) is 47.1 Å². The molecule has 0 atom stereocenters. The molecule has 2 aromatic rings. The van der Waals surface area contributed by atoms with Crippen LogP contribution in [0.1, 0.15) is 52.8 Å². The molecule has 0 bridgehead atoms. The number of rotatable bonds is 7. The van der Waals surface area contributed by atoms with E-state index in [1.54, 1.807) is 11.7 Å². The maximum atomic E-state index is 4.75. The van der Waals surface area contributed by atoms with Crippen LogP contribution in [0.15, 0.2) is 35.8 Å². The van der Waals surface area contributed by atoms with Gasteiger partial charge in [-0.15, -0.1) is 5.10 Å². The summed E-state index contributed by atoms with van der Waals surface area (Å²) in [5.41, 5.74) is 7.72. The Morgan fingerprint density at radius 3 is 2.52 bits per heavy atom. The standard InChI is InChI=1S/C24H35N7/c1-9-10-20-14-21(24(25-6)26-7)11-12-22(20)15-27-19(5)23-13-16(2)31(8)30-29-18(4)17(3)28-23/h11-14,27H,5,9-10,15H2,1-4,6-8H3,(H,25,26). The summed E-state index contributed by atoms with van der Waals surface area (Å²) in [5.74, 6) is 0.888. The molecule has 31 heavy (non-hydrogen) atoms. The molecule has 0 fully saturated rings. The first-order valence-corrected chi connectivity index (χ1v) is 10.6. The summed E-state index contributed by atoms with van der Waals surface area (Å²) < 4.78 is 1.73. The zero-order valence-electron chi connectivity index (χ0n) is 19.9. The van der Waals surface area contributed by atoms with Crippen LogP contribution in [0.5, 0.6) is 0 Å². The monoisotopic (exact) mass is 421 g/mol. The normalized spacial score (nSPS) is 11.1. The summed E-state index contributed by atoms with van der Waals surface area (Å²) in [4.78, 5) is 9.07. The number of aryl methyl sites for hydroxylation is 5. The molecule has 1 aromatic carbocycles. The van der Waals surface area contributed by atoms with E-state index in [1.807, 2.05) is 40.9 Å². The van der Waals surface area contributed by atoms with E-state index in [-0.39, 0.29) is 0 Å². The molecule has 0 unspecified atom stereocenters. The molecule has 1 heterocycles. The number of aromatic nitrogens is 4. The summed E-state index contributed by atoms with van der Waals surface area (Å²) in [6, 6.07) is 8.46. The molecule has 0 aliphatic heterocycles. The Hall–Kier alpha value is -3.22. The fraction of sp³-hybridized carbons (Fsp3) is 0.417. The summed E-state index contributed by atoms with van der Waals surface area (Å²) >= 11 is 0. The van der Waals surface area contributed by atoms with Crippen LogP contribution in [-0.2, 0) is 20.0 Å². The molecule has 0 radical (unpaired) electrons. The third-order valence-corrected chi connectivity index (χ3v) is 5.26. The molecule has 0 aliphatic rings. The summed E-state index contributed by atoms with van der Waals surface area (Å²) in [7, 11) is 5.56. The van der Waals surface area contributed by atoms with Crippen molar-refractivity contribution < 1.29 is 0 Å². The molecular weight excluding hydrogens is 386 g/mol. The summed E-state index contributed by atoms with van der Waals surface area (Å²) in [5, 5.41) is 15.1. The van der Waals surface area contributed by atoms with E-state index in [4.69, 9.17) is 4.98 Å². The predicted molar refractivity (Wildman–Crippen MR) is 128 cm³/mol. The molecule has 7 heteroatoms. The lowest BCUT2D eigenvalue weighted by Gasteiger charge is -2.15. The van der Waals surface area contributed by atoms with Crippen LogP contribution < -0.4 is 10.6 Å². The van der Waals surface area contributed by atoms with Gasteiger partial charge in [-0.25, -0.2) is 4.98 Å². The highest BCUT2D eigenvalue weighted by molar-refractivity contribution is 5.98. The molecule has 0 amide bonds.